The summed E-state index contributed by atoms with van der Waals surface area (Å²) in [7, 11) is 0. The lowest BCUT2D eigenvalue weighted by molar-refractivity contribution is -0.165. The minimum absolute atomic E-state index is 0.424. The fourth-order valence-corrected chi connectivity index (χ4v) is 3.12. The predicted octanol–water partition coefficient (Wildman–Crippen LogP) is 0.897. The molecule has 2 rings (SSSR count). The van der Waals surface area contributed by atoms with E-state index in [1.54, 1.807) is 0 Å². The average molecular weight is 297 g/mol. The van der Waals surface area contributed by atoms with E-state index < -0.39 is 36.4 Å². The van der Waals surface area contributed by atoms with Gasteiger partial charge in [-0.05, 0) is 17.7 Å². The first-order valence-corrected chi connectivity index (χ1v) is 6.93. The molecule has 0 amide bonds. The van der Waals surface area contributed by atoms with Crippen LogP contribution in [0.5, 0.6) is 0 Å². The third-order valence-electron chi connectivity index (χ3n) is 3.03. The van der Waals surface area contributed by atoms with Gasteiger partial charge in [-0.15, -0.1) is 0 Å². The third kappa shape index (κ3) is 3.24. The van der Waals surface area contributed by atoms with Crippen molar-refractivity contribution in [1.82, 2.24) is 0 Å². The second-order valence-electron chi connectivity index (χ2n) is 4.33. The first-order valence-electron chi connectivity index (χ1n) is 6.05. The number of ether oxygens (including phenoxy) is 1. The van der Waals surface area contributed by atoms with Crippen LogP contribution in [-0.4, -0.2) is 51.7 Å². The number of azide groups is 1. The summed E-state index contributed by atoms with van der Waals surface area (Å²) in [5.41, 5.74) is 7.90. The van der Waals surface area contributed by atoms with Crippen molar-refractivity contribution < 1.29 is 20.1 Å². The van der Waals surface area contributed by atoms with Gasteiger partial charge >= 0.3 is 0 Å². The van der Waals surface area contributed by atoms with Crippen LogP contribution in [0.25, 0.3) is 10.4 Å². The maximum Gasteiger partial charge on any atom is 0.119 e. The van der Waals surface area contributed by atoms with Crippen molar-refractivity contribution >= 4 is 11.8 Å². The molecular weight excluding hydrogens is 282 g/mol. The summed E-state index contributed by atoms with van der Waals surface area (Å²) in [6, 6.07) is 8.35. The van der Waals surface area contributed by atoms with Crippen LogP contribution >= 0.6 is 11.8 Å². The number of nitrogens with zero attached hydrogens (tertiary/aromatic N) is 3. The molecule has 20 heavy (non-hydrogen) atoms. The maximum absolute atomic E-state index is 10.00. The molecule has 3 N–H and O–H groups in total. The van der Waals surface area contributed by atoms with Crippen LogP contribution in [0, 0.1) is 0 Å². The Morgan fingerprint density at radius 3 is 2.55 bits per heavy atom. The number of benzene rings is 1. The van der Waals surface area contributed by atoms with Crippen LogP contribution in [0.2, 0.25) is 0 Å². The molecule has 2 unspecified atom stereocenters. The van der Waals surface area contributed by atoms with Crippen molar-refractivity contribution in [3.8, 4) is 0 Å². The van der Waals surface area contributed by atoms with E-state index in [0.717, 1.165) is 4.90 Å². The van der Waals surface area contributed by atoms with Crippen LogP contribution in [0.4, 0.5) is 0 Å². The topological polar surface area (TPSA) is 119 Å². The predicted molar refractivity (Wildman–Crippen MR) is 73.0 cm³/mol. The smallest absolute Gasteiger partial charge is 0.119 e. The Bertz CT molecular complexity index is 483. The van der Waals surface area contributed by atoms with Gasteiger partial charge in [-0.3, -0.25) is 0 Å². The van der Waals surface area contributed by atoms with E-state index in [2.05, 4.69) is 10.0 Å². The van der Waals surface area contributed by atoms with Crippen LogP contribution < -0.4 is 0 Å². The summed E-state index contributed by atoms with van der Waals surface area (Å²) < 4.78 is 5.53. The SMILES string of the molecule is [N-]=[N+]=N[C@H]1[C@H](Sc2ccccc2)OC(CO)C(O)[C@@H]1O. The number of aliphatic hydroxyl groups is 3. The Morgan fingerprint density at radius 1 is 1.25 bits per heavy atom. The molecule has 0 aromatic heterocycles. The highest BCUT2D eigenvalue weighted by Crippen LogP contribution is 2.34. The van der Waals surface area contributed by atoms with Gasteiger partial charge in [0, 0.05) is 9.81 Å². The zero-order valence-corrected chi connectivity index (χ0v) is 11.3. The van der Waals surface area contributed by atoms with Crippen molar-refractivity contribution in [3.05, 3.63) is 40.8 Å². The molecule has 0 saturated carbocycles. The van der Waals surface area contributed by atoms with E-state index >= 15 is 0 Å². The van der Waals surface area contributed by atoms with Gasteiger partial charge in [-0.25, -0.2) is 0 Å². The minimum Gasteiger partial charge on any atom is -0.394 e. The Kier molecular flexibility index (Phi) is 5.24. The highest BCUT2D eigenvalue weighted by molar-refractivity contribution is 7.99. The maximum atomic E-state index is 10.00. The molecule has 1 fully saturated rings. The van der Waals surface area contributed by atoms with Crippen molar-refractivity contribution in [1.29, 1.82) is 0 Å². The van der Waals surface area contributed by atoms with E-state index in [0.29, 0.717) is 0 Å². The zero-order valence-electron chi connectivity index (χ0n) is 10.5. The Labute approximate surface area is 119 Å². The lowest BCUT2D eigenvalue weighted by atomic mass is 9.99. The fraction of sp³-hybridized carbons (Fsp3) is 0.500. The molecule has 1 aromatic rings. The average Bonchev–Trinajstić information content (AvgIpc) is 2.47. The van der Waals surface area contributed by atoms with Gasteiger partial charge in [0.1, 0.15) is 23.7 Å². The first-order chi connectivity index (χ1) is 9.67. The fourth-order valence-electron chi connectivity index (χ4n) is 1.98. The molecule has 1 heterocycles. The first kappa shape index (κ1) is 15.1. The number of hydrogen-bond acceptors (Lipinski definition) is 6. The van der Waals surface area contributed by atoms with E-state index in [1.807, 2.05) is 30.3 Å². The molecule has 0 radical (unpaired) electrons. The Morgan fingerprint density at radius 2 is 1.95 bits per heavy atom. The van der Waals surface area contributed by atoms with E-state index in [9.17, 15) is 15.3 Å². The summed E-state index contributed by atoms with van der Waals surface area (Å²) in [4.78, 5) is 3.56. The van der Waals surface area contributed by atoms with Gasteiger partial charge in [0.05, 0.1) is 12.7 Å². The van der Waals surface area contributed by atoms with E-state index in [4.69, 9.17) is 10.3 Å². The van der Waals surface area contributed by atoms with Gasteiger partial charge in [-0.1, -0.05) is 35.1 Å². The molecule has 0 bridgehead atoms. The summed E-state index contributed by atoms with van der Waals surface area (Å²) in [5, 5.41) is 32.5. The van der Waals surface area contributed by atoms with Crippen LogP contribution in [0.3, 0.4) is 0 Å². The third-order valence-corrected chi connectivity index (χ3v) is 4.20. The molecule has 0 aliphatic carbocycles. The summed E-state index contributed by atoms with van der Waals surface area (Å²) in [6.07, 6.45) is -3.47. The van der Waals surface area contributed by atoms with Crippen LogP contribution in [0.1, 0.15) is 0 Å². The highest BCUT2D eigenvalue weighted by Gasteiger charge is 2.44. The van der Waals surface area contributed by atoms with Crippen molar-refractivity contribution in [3.63, 3.8) is 0 Å². The second-order valence-corrected chi connectivity index (χ2v) is 5.50. The summed E-state index contributed by atoms with van der Waals surface area (Å²) >= 11 is 1.27. The Balaban J connectivity index is 2.20. The quantitative estimate of drug-likeness (QED) is 0.433. The number of aliphatic hydroxyl groups excluding tert-OH is 3. The molecule has 7 nitrogen and oxygen atoms in total. The van der Waals surface area contributed by atoms with Gasteiger partial charge in [0.15, 0.2) is 0 Å². The highest BCUT2D eigenvalue weighted by atomic mass is 32.2. The van der Waals surface area contributed by atoms with Crippen molar-refractivity contribution in [2.45, 2.75) is 34.7 Å². The summed E-state index contributed by atoms with van der Waals surface area (Å²) in [5.74, 6) is 0. The monoisotopic (exact) mass is 297 g/mol. The minimum atomic E-state index is -1.29. The van der Waals surface area contributed by atoms with E-state index in [-0.39, 0.29) is 0 Å². The van der Waals surface area contributed by atoms with Gasteiger partial charge in [0.2, 0.25) is 0 Å². The molecule has 0 spiro atoms. The Hall–Kier alpha value is -1.28. The molecule has 5 atom stereocenters. The molecule has 8 heteroatoms. The number of hydrogen-bond donors (Lipinski definition) is 3. The van der Waals surface area contributed by atoms with Crippen LogP contribution in [0.15, 0.2) is 40.3 Å². The second kappa shape index (κ2) is 6.94. The van der Waals surface area contributed by atoms with Crippen molar-refractivity contribution in [2.24, 2.45) is 5.11 Å². The molecule has 1 aliphatic heterocycles. The normalized spacial score (nSPS) is 33.5. The van der Waals surface area contributed by atoms with E-state index in [1.165, 1.54) is 11.8 Å². The molecular formula is C12H15N3O4S. The van der Waals surface area contributed by atoms with Gasteiger partial charge in [0.25, 0.3) is 0 Å². The standard InChI is InChI=1S/C12H15N3O4S/c13-15-14-9-11(18)10(17)8(6-16)19-12(9)20-7-4-2-1-3-5-7/h1-5,8-12,16-18H,6H2/t8?,9-,10?,11-,12+/m1/s1. The number of rotatable bonds is 4. The van der Waals surface area contributed by atoms with Crippen LogP contribution in [-0.2, 0) is 4.74 Å². The summed E-state index contributed by atoms with van der Waals surface area (Å²) in [6.45, 7) is -0.424. The molecule has 108 valence electrons. The largest absolute Gasteiger partial charge is 0.394 e. The lowest BCUT2D eigenvalue weighted by Gasteiger charge is -2.40. The van der Waals surface area contributed by atoms with Gasteiger partial charge in [-0.2, -0.15) is 0 Å². The van der Waals surface area contributed by atoms with Crippen molar-refractivity contribution in [2.75, 3.05) is 6.61 Å². The van der Waals surface area contributed by atoms with Gasteiger partial charge < -0.3 is 20.1 Å². The number of thioether (sulfide) groups is 1. The zero-order chi connectivity index (χ0) is 14.5. The molecule has 1 aliphatic rings. The molecule has 1 aromatic carbocycles. The lowest BCUT2D eigenvalue weighted by Crippen LogP contribution is -2.56. The molecule has 1 saturated heterocycles.